The van der Waals surface area contributed by atoms with Crippen LogP contribution < -0.4 is 0 Å². The van der Waals surface area contributed by atoms with Crippen LogP contribution >= 0.6 is 12.6 Å². The predicted octanol–water partition coefficient (Wildman–Crippen LogP) is 1.44. The molecule has 1 rings (SSSR count). The highest BCUT2D eigenvalue weighted by molar-refractivity contribution is 7.81. The van der Waals surface area contributed by atoms with Gasteiger partial charge in [0.15, 0.2) is 11.6 Å². The lowest BCUT2D eigenvalue weighted by Crippen LogP contribution is -2.23. The number of aromatic hydroxyl groups is 1. The Bertz CT molecular complexity index is 454. The van der Waals surface area contributed by atoms with Gasteiger partial charge in [0.25, 0.3) is 0 Å². The number of hydrogen-bond donors (Lipinski definition) is 3. The van der Waals surface area contributed by atoms with E-state index in [1.54, 1.807) is 0 Å². The molecule has 0 bridgehead atoms. The minimum atomic E-state index is -1.09. The first-order chi connectivity index (χ1) is 9.49. The predicted molar refractivity (Wildman–Crippen MR) is 73.3 cm³/mol. The monoisotopic (exact) mass is 304 g/mol. The van der Waals surface area contributed by atoms with Crippen LogP contribution in [0.15, 0.2) is 18.2 Å². The van der Waals surface area contributed by atoms with E-state index in [1.807, 2.05) is 0 Å². The SMILES string of the molecule is CO[C@@H](CCOC(=O)CS)[C@@H](O)c1ccc(O)c(F)c1. The van der Waals surface area contributed by atoms with Gasteiger partial charge in [-0.15, -0.1) is 0 Å². The van der Waals surface area contributed by atoms with Gasteiger partial charge >= 0.3 is 5.97 Å². The van der Waals surface area contributed by atoms with E-state index in [4.69, 9.17) is 14.6 Å². The van der Waals surface area contributed by atoms with E-state index < -0.39 is 29.7 Å². The normalized spacial score (nSPS) is 13.8. The number of methoxy groups -OCH3 is 1. The Morgan fingerprint density at radius 2 is 2.20 bits per heavy atom. The number of aliphatic hydroxyl groups is 1. The Morgan fingerprint density at radius 3 is 2.75 bits per heavy atom. The van der Waals surface area contributed by atoms with Gasteiger partial charge in [-0.25, -0.2) is 4.39 Å². The molecule has 0 saturated carbocycles. The zero-order valence-electron chi connectivity index (χ0n) is 11.0. The lowest BCUT2D eigenvalue weighted by Gasteiger charge is -2.22. The third-order valence-electron chi connectivity index (χ3n) is 2.76. The summed E-state index contributed by atoms with van der Waals surface area (Å²) in [5, 5.41) is 19.2. The molecule has 112 valence electrons. The summed E-state index contributed by atoms with van der Waals surface area (Å²) < 4.78 is 23.2. The zero-order valence-corrected chi connectivity index (χ0v) is 11.8. The maximum Gasteiger partial charge on any atom is 0.315 e. The highest BCUT2D eigenvalue weighted by Crippen LogP contribution is 2.25. The van der Waals surface area contributed by atoms with E-state index in [0.29, 0.717) is 0 Å². The van der Waals surface area contributed by atoms with Crippen LogP contribution in [0.25, 0.3) is 0 Å². The summed E-state index contributed by atoms with van der Waals surface area (Å²) in [5.74, 6) is -1.80. The van der Waals surface area contributed by atoms with E-state index in [0.717, 1.165) is 12.1 Å². The molecule has 0 saturated heterocycles. The minimum absolute atomic E-state index is 0.0244. The molecule has 0 aromatic heterocycles. The number of aliphatic hydroxyl groups excluding tert-OH is 1. The van der Waals surface area contributed by atoms with Crippen molar-refractivity contribution in [1.82, 2.24) is 0 Å². The van der Waals surface area contributed by atoms with Crippen molar-refractivity contribution in [1.29, 1.82) is 0 Å². The standard InChI is InChI=1S/C13H17FO5S/c1-18-11(4-5-19-12(16)7-20)13(17)8-2-3-10(15)9(14)6-8/h2-3,6,11,13,15,17,20H,4-5,7H2,1H3/t11-,13-/m0/s1. The fraction of sp³-hybridized carbons (Fsp3) is 0.462. The fourth-order valence-corrected chi connectivity index (χ4v) is 1.75. The molecule has 0 unspecified atom stereocenters. The van der Waals surface area contributed by atoms with E-state index in [9.17, 15) is 14.3 Å². The van der Waals surface area contributed by atoms with E-state index in [-0.39, 0.29) is 24.3 Å². The van der Waals surface area contributed by atoms with Gasteiger partial charge in [0.05, 0.1) is 18.5 Å². The Kier molecular flexibility index (Phi) is 6.77. The molecule has 20 heavy (non-hydrogen) atoms. The molecule has 2 atom stereocenters. The summed E-state index contributed by atoms with van der Waals surface area (Å²) in [6.07, 6.45) is -1.50. The molecule has 0 heterocycles. The number of benzene rings is 1. The lowest BCUT2D eigenvalue weighted by atomic mass is 10.0. The molecular weight excluding hydrogens is 287 g/mol. The van der Waals surface area contributed by atoms with Gasteiger partial charge in [-0.1, -0.05) is 6.07 Å². The fourth-order valence-electron chi connectivity index (χ4n) is 1.66. The van der Waals surface area contributed by atoms with Crippen LogP contribution in [0.3, 0.4) is 0 Å². The number of phenols is 1. The van der Waals surface area contributed by atoms with Crippen molar-refractivity contribution in [3.8, 4) is 5.75 Å². The molecule has 2 N–H and O–H groups in total. The van der Waals surface area contributed by atoms with Crippen molar-refractivity contribution in [2.45, 2.75) is 18.6 Å². The Labute approximate surface area is 121 Å². The quantitative estimate of drug-likeness (QED) is 0.525. The first-order valence-electron chi connectivity index (χ1n) is 5.95. The number of carbonyl (C=O) groups is 1. The summed E-state index contributed by atoms with van der Waals surface area (Å²) in [6, 6.07) is 3.59. The van der Waals surface area contributed by atoms with Crippen molar-refractivity contribution >= 4 is 18.6 Å². The molecule has 0 aliphatic heterocycles. The van der Waals surface area contributed by atoms with E-state index >= 15 is 0 Å². The highest BCUT2D eigenvalue weighted by Gasteiger charge is 2.22. The molecule has 0 amide bonds. The molecule has 0 aliphatic carbocycles. The minimum Gasteiger partial charge on any atom is -0.505 e. The third kappa shape index (κ3) is 4.66. The summed E-state index contributed by atoms with van der Waals surface area (Å²) in [5.41, 5.74) is 0.271. The van der Waals surface area contributed by atoms with Crippen LogP contribution in [0.5, 0.6) is 5.75 Å². The third-order valence-corrected chi connectivity index (χ3v) is 3.02. The van der Waals surface area contributed by atoms with Gasteiger partial charge in [-0.2, -0.15) is 12.6 Å². The summed E-state index contributed by atoms with van der Waals surface area (Å²) in [4.78, 5) is 10.9. The van der Waals surface area contributed by atoms with Gasteiger partial charge < -0.3 is 19.7 Å². The van der Waals surface area contributed by atoms with Crippen LogP contribution in [0, 0.1) is 5.82 Å². The second-order valence-electron chi connectivity index (χ2n) is 4.10. The molecule has 7 heteroatoms. The molecule has 0 fully saturated rings. The average Bonchev–Trinajstić information content (AvgIpc) is 2.45. The number of hydrogen-bond acceptors (Lipinski definition) is 6. The maximum absolute atomic E-state index is 13.2. The summed E-state index contributed by atoms with van der Waals surface area (Å²) in [7, 11) is 1.39. The molecule has 1 aromatic carbocycles. The molecule has 0 aliphatic rings. The van der Waals surface area contributed by atoms with E-state index in [1.165, 1.54) is 13.2 Å². The number of ether oxygens (including phenoxy) is 2. The topological polar surface area (TPSA) is 76.0 Å². The first kappa shape index (κ1) is 16.7. The number of thiol groups is 1. The van der Waals surface area contributed by atoms with Gasteiger partial charge in [-0.05, 0) is 17.7 Å². The number of esters is 1. The van der Waals surface area contributed by atoms with Gasteiger partial charge in [0.2, 0.25) is 0 Å². The maximum atomic E-state index is 13.2. The molecule has 1 aromatic rings. The zero-order chi connectivity index (χ0) is 15.1. The van der Waals surface area contributed by atoms with Crippen molar-refractivity contribution < 1.29 is 28.9 Å². The molecule has 0 spiro atoms. The second kappa shape index (κ2) is 8.08. The van der Waals surface area contributed by atoms with Crippen LogP contribution in [-0.4, -0.2) is 41.8 Å². The number of carbonyl (C=O) groups excluding carboxylic acids is 1. The Balaban J connectivity index is 2.63. The molecular formula is C13H17FO5S. The van der Waals surface area contributed by atoms with Gasteiger partial charge in [0, 0.05) is 13.5 Å². The van der Waals surface area contributed by atoms with Crippen molar-refractivity contribution in [2.24, 2.45) is 0 Å². The second-order valence-corrected chi connectivity index (χ2v) is 4.41. The Hall–Kier alpha value is -1.31. The van der Waals surface area contributed by atoms with Gasteiger partial charge in [-0.3, -0.25) is 4.79 Å². The first-order valence-corrected chi connectivity index (χ1v) is 6.58. The van der Waals surface area contributed by atoms with Crippen LogP contribution in [0.4, 0.5) is 4.39 Å². The van der Waals surface area contributed by atoms with Crippen LogP contribution in [0.2, 0.25) is 0 Å². The van der Waals surface area contributed by atoms with Gasteiger partial charge in [0.1, 0.15) is 6.10 Å². The summed E-state index contributed by atoms with van der Waals surface area (Å²) in [6.45, 7) is 0.0650. The average molecular weight is 304 g/mol. The molecule has 5 nitrogen and oxygen atoms in total. The number of phenolic OH excluding ortho intramolecular Hbond substituents is 1. The van der Waals surface area contributed by atoms with E-state index in [2.05, 4.69) is 12.6 Å². The Morgan fingerprint density at radius 1 is 1.50 bits per heavy atom. The lowest BCUT2D eigenvalue weighted by molar-refractivity contribution is -0.141. The smallest absolute Gasteiger partial charge is 0.315 e. The van der Waals surface area contributed by atoms with Crippen LogP contribution in [0.1, 0.15) is 18.1 Å². The number of halogens is 1. The largest absolute Gasteiger partial charge is 0.505 e. The van der Waals surface area contributed by atoms with Crippen molar-refractivity contribution in [3.05, 3.63) is 29.6 Å². The van der Waals surface area contributed by atoms with Crippen molar-refractivity contribution in [2.75, 3.05) is 19.5 Å². The highest BCUT2D eigenvalue weighted by atomic mass is 32.1. The number of rotatable bonds is 7. The van der Waals surface area contributed by atoms with Crippen LogP contribution in [-0.2, 0) is 14.3 Å². The summed E-state index contributed by atoms with van der Waals surface area (Å²) >= 11 is 3.76. The molecule has 0 radical (unpaired) electrons. The van der Waals surface area contributed by atoms with Crippen molar-refractivity contribution in [3.63, 3.8) is 0 Å².